The third-order valence-electron chi connectivity index (χ3n) is 4.31. The molecule has 6 nitrogen and oxygen atoms in total. The first-order chi connectivity index (χ1) is 13.8. The molecule has 4 aromatic rings. The molecule has 1 amide bonds. The number of pyridine rings is 1. The maximum absolute atomic E-state index is 13.2. The molecule has 0 radical (unpaired) electrons. The molecular weight excluding hydrogens is 394 g/mol. The number of thiophene rings is 1. The van der Waals surface area contributed by atoms with Gasteiger partial charge in [-0.2, -0.15) is 0 Å². The fraction of sp³-hybridized carbons (Fsp3) is 0.150. The number of nitrogens with zero attached hydrogens (tertiary/aromatic N) is 3. The summed E-state index contributed by atoms with van der Waals surface area (Å²) < 4.78 is 12.3. The fourth-order valence-corrected chi connectivity index (χ4v) is 4.65. The molecule has 1 aromatic carbocycles. The second-order valence-electron chi connectivity index (χ2n) is 6.19. The van der Waals surface area contributed by atoms with Crippen LogP contribution >= 0.6 is 22.7 Å². The topological polar surface area (TPSA) is 64.6 Å². The molecule has 4 heterocycles. The highest BCUT2D eigenvalue weighted by Crippen LogP contribution is 2.39. The van der Waals surface area contributed by atoms with Gasteiger partial charge < -0.3 is 9.47 Å². The van der Waals surface area contributed by atoms with Crippen LogP contribution in [0.5, 0.6) is 11.5 Å². The summed E-state index contributed by atoms with van der Waals surface area (Å²) in [5, 5.41) is 2.54. The van der Waals surface area contributed by atoms with Crippen molar-refractivity contribution >= 4 is 43.9 Å². The Labute approximate surface area is 169 Å². The lowest BCUT2D eigenvalue weighted by Crippen LogP contribution is -2.29. The van der Waals surface area contributed by atoms with Crippen LogP contribution in [0.25, 0.3) is 10.2 Å². The number of hydrogen-bond acceptors (Lipinski definition) is 7. The number of amides is 1. The number of anilines is 1. The maximum atomic E-state index is 13.2. The van der Waals surface area contributed by atoms with Crippen molar-refractivity contribution in [2.24, 2.45) is 0 Å². The first-order valence-electron chi connectivity index (χ1n) is 8.72. The van der Waals surface area contributed by atoms with E-state index in [-0.39, 0.29) is 5.91 Å². The van der Waals surface area contributed by atoms with Gasteiger partial charge in [0.05, 0.1) is 21.6 Å². The molecule has 5 rings (SSSR count). The first-order valence-corrected chi connectivity index (χ1v) is 10.4. The Kier molecular flexibility index (Phi) is 4.42. The van der Waals surface area contributed by atoms with Crippen molar-refractivity contribution in [3.8, 4) is 11.5 Å². The first kappa shape index (κ1) is 17.2. The molecular formula is C20H15N3O3S2. The van der Waals surface area contributed by atoms with Crippen LogP contribution in [0.1, 0.15) is 15.2 Å². The van der Waals surface area contributed by atoms with Gasteiger partial charge in [-0.3, -0.25) is 14.7 Å². The van der Waals surface area contributed by atoms with Crippen LogP contribution in [0, 0.1) is 0 Å². The third kappa shape index (κ3) is 3.21. The molecule has 0 bridgehead atoms. The summed E-state index contributed by atoms with van der Waals surface area (Å²) >= 11 is 2.89. The van der Waals surface area contributed by atoms with E-state index in [1.54, 1.807) is 17.3 Å². The van der Waals surface area contributed by atoms with Gasteiger partial charge in [-0.15, -0.1) is 11.3 Å². The molecule has 0 unspecified atom stereocenters. The Morgan fingerprint density at radius 3 is 2.75 bits per heavy atom. The number of benzene rings is 1. The predicted octanol–water partition coefficient (Wildman–Crippen LogP) is 4.37. The highest BCUT2D eigenvalue weighted by atomic mass is 32.1. The Bertz CT molecular complexity index is 1080. The zero-order valence-electron chi connectivity index (χ0n) is 14.7. The molecule has 0 N–H and O–H groups in total. The fourth-order valence-electron chi connectivity index (χ4n) is 3.00. The summed E-state index contributed by atoms with van der Waals surface area (Å²) in [5.74, 6) is 1.34. The van der Waals surface area contributed by atoms with Crippen molar-refractivity contribution < 1.29 is 14.3 Å². The van der Waals surface area contributed by atoms with Crippen LogP contribution < -0.4 is 14.4 Å². The minimum absolute atomic E-state index is 0.0739. The smallest absolute Gasteiger partial charge is 0.270 e. The average molecular weight is 409 g/mol. The van der Waals surface area contributed by atoms with Crippen molar-refractivity contribution in [3.05, 3.63) is 64.6 Å². The molecule has 0 atom stereocenters. The van der Waals surface area contributed by atoms with Crippen molar-refractivity contribution in [3.63, 3.8) is 0 Å². The number of fused-ring (bicyclic) bond motifs is 2. The summed E-state index contributed by atoms with van der Waals surface area (Å²) in [6.45, 7) is 1.46. The Morgan fingerprint density at radius 2 is 2.00 bits per heavy atom. The quantitative estimate of drug-likeness (QED) is 0.501. The van der Waals surface area contributed by atoms with Gasteiger partial charge in [-0.1, -0.05) is 23.5 Å². The largest absolute Gasteiger partial charge is 0.486 e. The Balaban J connectivity index is 1.56. The molecule has 1 aliphatic rings. The average Bonchev–Trinajstić information content (AvgIpc) is 3.40. The van der Waals surface area contributed by atoms with Gasteiger partial charge in [-0.25, -0.2) is 4.98 Å². The van der Waals surface area contributed by atoms with E-state index < -0.39 is 0 Å². The number of thiazole rings is 1. The number of carbonyl (C=O) groups is 1. The van der Waals surface area contributed by atoms with E-state index in [9.17, 15) is 4.79 Å². The van der Waals surface area contributed by atoms with E-state index in [0.29, 0.717) is 35.5 Å². The minimum Gasteiger partial charge on any atom is -0.486 e. The summed E-state index contributed by atoms with van der Waals surface area (Å²) in [4.78, 5) is 24.4. The van der Waals surface area contributed by atoms with Gasteiger partial charge in [-0.05, 0) is 23.1 Å². The highest BCUT2D eigenvalue weighted by molar-refractivity contribution is 7.22. The molecule has 0 fully saturated rings. The minimum atomic E-state index is -0.0739. The van der Waals surface area contributed by atoms with Crippen LogP contribution in [-0.2, 0) is 6.54 Å². The van der Waals surface area contributed by atoms with Gasteiger partial charge in [0.25, 0.3) is 5.91 Å². The lowest BCUT2D eigenvalue weighted by Gasteiger charge is -2.19. The van der Waals surface area contributed by atoms with Crippen molar-refractivity contribution in [1.29, 1.82) is 0 Å². The molecule has 28 heavy (non-hydrogen) atoms. The van der Waals surface area contributed by atoms with E-state index in [0.717, 1.165) is 21.5 Å². The molecule has 0 spiro atoms. The summed E-state index contributed by atoms with van der Waals surface area (Å²) in [6.07, 6.45) is 3.49. The van der Waals surface area contributed by atoms with Crippen LogP contribution in [-0.4, -0.2) is 29.1 Å². The zero-order valence-corrected chi connectivity index (χ0v) is 16.3. The third-order valence-corrected chi connectivity index (χ3v) is 6.21. The normalized spacial score (nSPS) is 12.9. The SMILES string of the molecule is O=C(c1cccs1)N(Cc1cccnc1)c1nc2cc3c(cc2s1)OCCO3. The van der Waals surface area contributed by atoms with E-state index in [4.69, 9.17) is 14.5 Å². The molecule has 0 saturated carbocycles. The van der Waals surface area contributed by atoms with Gasteiger partial charge >= 0.3 is 0 Å². The number of carbonyl (C=O) groups excluding carboxylic acids is 1. The van der Waals surface area contributed by atoms with Crippen LogP contribution in [0.15, 0.2) is 54.2 Å². The molecule has 0 aliphatic carbocycles. The molecule has 0 saturated heterocycles. The van der Waals surface area contributed by atoms with Crippen LogP contribution in [0.2, 0.25) is 0 Å². The van der Waals surface area contributed by atoms with E-state index in [1.807, 2.05) is 41.8 Å². The molecule has 8 heteroatoms. The maximum Gasteiger partial charge on any atom is 0.270 e. The summed E-state index contributed by atoms with van der Waals surface area (Å²) in [5.41, 5.74) is 1.73. The van der Waals surface area contributed by atoms with E-state index in [1.165, 1.54) is 22.7 Å². The standard InChI is InChI=1S/C20H15N3O3S2/c24-19(17-4-2-8-27-17)23(12-13-3-1-5-21-11-13)20-22-14-9-15-16(10-18(14)28-20)26-7-6-25-15/h1-5,8-11H,6-7,12H2. The Hall–Kier alpha value is -2.97. The molecule has 3 aromatic heterocycles. The van der Waals surface area contributed by atoms with Crippen LogP contribution in [0.3, 0.4) is 0 Å². The number of hydrogen-bond donors (Lipinski definition) is 0. The van der Waals surface area contributed by atoms with Crippen molar-refractivity contribution in [2.45, 2.75) is 6.54 Å². The molecule has 1 aliphatic heterocycles. The van der Waals surface area contributed by atoms with Crippen molar-refractivity contribution in [2.75, 3.05) is 18.1 Å². The van der Waals surface area contributed by atoms with Gasteiger partial charge in [0.1, 0.15) is 13.2 Å². The van der Waals surface area contributed by atoms with E-state index in [2.05, 4.69) is 4.98 Å². The lowest BCUT2D eigenvalue weighted by molar-refractivity contribution is 0.0989. The van der Waals surface area contributed by atoms with Crippen molar-refractivity contribution in [1.82, 2.24) is 9.97 Å². The predicted molar refractivity (Wildman–Crippen MR) is 110 cm³/mol. The number of ether oxygens (including phenoxy) is 2. The zero-order chi connectivity index (χ0) is 18.9. The number of aromatic nitrogens is 2. The van der Waals surface area contributed by atoms with Gasteiger partial charge in [0.2, 0.25) is 0 Å². The summed E-state index contributed by atoms with van der Waals surface area (Å²) in [6, 6.07) is 11.3. The summed E-state index contributed by atoms with van der Waals surface area (Å²) in [7, 11) is 0. The molecule has 140 valence electrons. The Morgan fingerprint density at radius 1 is 1.14 bits per heavy atom. The van der Waals surface area contributed by atoms with E-state index >= 15 is 0 Å². The van der Waals surface area contributed by atoms with Gasteiger partial charge in [0.15, 0.2) is 16.6 Å². The monoisotopic (exact) mass is 409 g/mol. The second-order valence-corrected chi connectivity index (χ2v) is 8.15. The van der Waals surface area contributed by atoms with Gasteiger partial charge in [0, 0.05) is 24.5 Å². The lowest BCUT2D eigenvalue weighted by atomic mass is 10.2. The number of rotatable bonds is 4. The second kappa shape index (κ2) is 7.21. The highest BCUT2D eigenvalue weighted by Gasteiger charge is 2.24. The van der Waals surface area contributed by atoms with Crippen LogP contribution in [0.4, 0.5) is 5.13 Å².